The number of hydrogen-bond donors (Lipinski definition) is 4. The second kappa shape index (κ2) is 10.9. The summed E-state index contributed by atoms with van der Waals surface area (Å²) in [6, 6.07) is 3.67. The van der Waals surface area contributed by atoms with Crippen LogP contribution in [0.3, 0.4) is 0 Å². The standard InChI is InChI=1S/C22H21F3N6O6S/c1-5-18(32)28-15-6-11(2)17(37-38(33,34)35)7-16(15)29-20-13(22(23,24)25)10-27-21(31-20)30-14-8-19(36-4)26-9-12(14)3/h5-10H,1H2,2-4H3,(H,28,32)(H,33,34,35)(H2,26,27,29,30,31). The molecule has 3 rings (SSSR count). The highest BCUT2D eigenvalue weighted by Crippen LogP contribution is 2.39. The molecule has 2 heterocycles. The normalized spacial score (nSPS) is 11.4. The van der Waals surface area contributed by atoms with Gasteiger partial charge < -0.3 is 24.9 Å². The molecule has 3 aromatic rings. The van der Waals surface area contributed by atoms with Crippen molar-refractivity contribution in [3.05, 3.63) is 59.9 Å². The monoisotopic (exact) mass is 554 g/mol. The van der Waals surface area contributed by atoms with Gasteiger partial charge in [-0.05, 0) is 37.1 Å². The Hall–Kier alpha value is -4.44. The molecule has 2 aromatic heterocycles. The van der Waals surface area contributed by atoms with E-state index in [1.807, 2.05) is 0 Å². The first-order valence-corrected chi connectivity index (χ1v) is 11.8. The molecule has 38 heavy (non-hydrogen) atoms. The summed E-state index contributed by atoms with van der Waals surface area (Å²) in [5.41, 5.74) is -0.446. The fourth-order valence-electron chi connectivity index (χ4n) is 3.03. The van der Waals surface area contributed by atoms with E-state index in [9.17, 15) is 26.4 Å². The largest absolute Gasteiger partial charge is 0.481 e. The first-order chi connectivity index (χ1) is 17.7. The van der Waals surface area contributed by atoms with E-state index in [2.05, 4.69) is 41.7 Å². The Labute approximate surface area is 214 Å². The maximum absolute atomic E-state index is 13.8. The van der Waals surface area contributed by atoms with E-state index in [-0.39, 0.29) is 28.8 Å². The summed E-state index contributed by atoms with van der Waals surface area (Å²) >= 11 is 0. The van der Waals surface area contributed by atoms with Crippen molar-refractivity contribution < 1.29 is 39.9 Å². The number of halogens is 3. The van der Waals surface area contributed by atoms with Gasteiger partial charge in [-0.15, -0.1) is 0 Å². The molecule has 1 amide bonds. The molecule has 0 aliphatic heterocycles. The number of methoxy groups -OCH3 is 1. The average molecular weight is 555 g/mol. The zero-order chi connectivity index (χ0) is 28.3. The molecular weight excluding hydrogens is 533 g/mol. The Morgan fingerprint density at radius 3 is 2.37 bits per heavy atom. The minimum Gasteiger partial charge on any atom is -0.481 e. The number of carbonyl (C=O) groups is 1. The second-order valence-corrected chi connectivity index (χ2v) is 8.64. The lowest BCUT2D eigenvalue weighted by molar-refractivity contribution is -0.137. The highest BCUT2D eigenvalue weighted by molar-refractivity contribution is 7.81. The molecule has 12 nitrogen and oxygen atoms in total. The SMILES string of the molecule is C=CC(=O)Nc1cc(C)c(OS(=O)(=O)O)cc1Nc1nc(Nc2cc(OC)ncc2C)ncc1C(F)(F)F. The minimum atomic E-state index is -4.97. The lowest BCUT2D eigenvalue weighted by Gasteiger charge is -2.19. The van der Waals surface area contributed by atoms with Crippen LogP contribution in [0, 0.1) is 13.8 Å². The van der Waals surface area contributed by atoms with Crippen molar-refractivity contribution in [1.82, 2.24) is 15.0 Å². The van der Waals surface area contributed by atoms with Gasteiger partial charge in [0.2, 0.25) is 17.7 Å². The van der Waals surface area contributed by atoms with Crippen LogP contribution >= 0.6 is 0 Å². The number of nitrogens with zero attached hydrogens (tertiary/aromatic N) is 3. The van der Waals surface area contributed by atoms with Crippen molar-refractivity contribution in [3.63, 3.8) is 0 Å². The molecule has 0 saturated carbocycles. The van der Waals surface area contributed by atoms with Gasteiger partial charge in [0.25, 0.3) is 0 Å². The summed E-state index contributed by atoms with van der Waals surface area (Å²) in [4.78, 5) is 23.6. The van der Waals surface area contributed by atoms with Crippen molar-refractivity contribution >= 4 is 45.1 Å². The Morgan fingerprint density at radius 2 is 1.76 bits per heavy atom. The lowest BCUT2D eigenvalue weighted by Crippen LogP contribution is -2.15. The quantitative estimate of drug-likeness (QED) is 0.220. The molecule has 0 aliphatic rings. The molecule has 0 aliphatic carbocycles. The first kappa shape index (κ1) is 28.1. The molecule has 1 aromatic carbocycles. The van der Waals surface area contributed by atoms with Gasteiger partial charge in [0, 0.05) is 24.5 Å². The van der Waals surface area contributed by atoms with E-state index in [1.165, 1.54) is 32.4 Å². The highest BCUT2D eigenvalue weighted by atomic mass is 32.3. The first-order valence-electron chi connectivity index (χ1n) is 10.4. The second-order valence-electron chi connectivity index (χ2n) is 7.61. The fraction of sp³-hybridized carbons (Fsp3) is 0.182. The predicted molar refractivity (Wildman–Crippen MR) is 131 cm³/mol. The average Bonchev–Trinajstić information content (AvgIpc) is 2.81. The number of nitrogens with one attached hydrogen (secondary N) is 3. The number of hydrogen-bond acceptors (Lipinski definition) is 10. The van der Waals surface area contributed by atoms with Crippen molar-refractivity contribution in [1.29, 1.82) is 0 Å². The number of carbonyl (C=O) groups excluding carboxylic acids is 1. The van der Waals surface area contributed by atoms with Gasteiger partial charge in [-0.2, -0.15) is 26.6 Å². The number of alkyl halides is 3. The zero-order valence-electron chi connectivity index (χ0n) is 20.0. The molecule has 202 valence electrons. The Kier molecular flexibility index (Phi) is 8.07. The van der Waals surface area contributed by atoms with Gasteiger partial charge in [-0.3, -0.25) is 9.35 Å². The third-order valence-electron chi connectivity index (χ3n) is 4.83. The number of benzene rings is 1. The summed E-state index contributed by atoms with van der Waals surface area (Å²) in [7, 11) is -3.58. The number of ether oxygens (including phenoxy) is 1. The van der Waals surface area contributed by atoms with Crippen LogP contribution in [0.4, 0.5) is 42.0 Å². The fourth-order valence-corrected chi connectivity index (χ4v) is 3.43. The summed E-state index contributed by atoms with van der Waals surface area (Å²) in [5, 5.41) is 7.63. The molecule has 0 unspecified atom stereocenters. The van der Waals surface area contributed by atoms with Gasteiger partial charge in [0.1, 0.15) is 17.1 Å². The maximum atomic E-state index is 13.8. The zero-order valence-corrected chi connectivity index (χ0v) is 20.9. The van der Waals surface area contributed by atoms with Crippen LogP contribution in [0.2, 0.25) is 0 Å². The van der Waals surface area contributed by atoms with Crippen molar-refractivity contribution in [2.45, 2.75) is 20.0 Å². The molecule has 4 N–H and O–H groups in total. The highest BCUT2D eigenvalue weighted by Gasteiger charge is 2.35. The third kappa shape index (κ3) is 7.07. The minimum absolute atomic E-state index is 0.0638. The van der Waals surface area contributed by atoms with Gasteiger partial charge in [0.05, 0.1) is 24.2 Å². The maximum Gasteiger partial charge on any atom is 0.446 e. The van der Waals surface area contributed by atoms with Crippen LogP contribution in [-0.4, -0.2) is 40.9 Å². The number of rotatable bonds is 9. The van der Waals surface area contributed by atoms with Crippen molar-refractivity contribution in [2.24, 2.45) is 0 Å². The number of pyridine rings is 1. The molecule has 0 radical (unpaired) electrons. The Morgan fingerprint density at radius 1 is 1.05 bits per heavy atom. The molecule has 0 spiro atoms. The van der Waals surface area contributed by atoms with Crippen LogP contribution < -0.4 is 24.9 Å². The van der Waals surface area contributed by atoms with Crippen molar-refractivity contribution in [2.75, 3.05) is 23.1 Å². The lowest BCUT2D eigenvalue weighted by atomic mass is 10.1. The predicted octanol–water partition coefficient (Wildman–Crippen LogP) is 4.31. The van der Waals surface area contributed by atoms with Gasteiger partial charge in [0.15, 0.2) is 0 Å². The van der Waals surface area contributed by atoms with Crippen LogP contribution in [0.25, 0.3) is 0 Å². The molecule has 0 atom stereocenters. The van der Waals surface area contributed by atoms with Crippen LogP contribution in [0.5, 0.6) is 11.6 Å². The number of aromatic nitrogens is 3. The van der Waals surface area contributed by atoms with Crippen LogP contribution in [0.1, 0.15) is 16.7 Å². The van der Waals surface area contributed by atoms with E-state index in [0.717, 1.165) is 12.1 Å². The van der Waals surface area contributed by atoms with E-state index in [1.54, 1.807) is 6.92 Å². The summed E-state index contributed by atoms with van der Waals surface area (Å²) < 4.78 is 82.6. The number of aryl methyl sites for hydroxylation is 2. The molecule has 16 heteroatoms. The van der Waals surface area contributed by atoms with E-state index >= 15 is 0 Å². The molecule has 0 saturated heterocycles. The third-order valence-corrected chi connectivity index (χ3v) is 5.22. The number of anilines is 5. The topological polar surface area (TPSA) is 165 Å². The summed E-state index contributed by atoms with van der Waals surface area (Å²) in [5.74, 6) is -1.89. The summed E-state index contributed by atoms with van der Waals surface area (Å²) in [6.45, 7) is 6.39. The number of amides is 1. The van der Waals surface area contributed by atoms with E-state index in [0.29, 0.717) is 17.4 Å². The molecular formula is C22H21F3N6O6S. The Balaban J connectivity index is 2.13. The van der Waals surface area contributed by atoms with Crippen LogP contribution in [0.15, 0.2) is 43.2 Å². The molecule has 0 bridgehead atoms. The smallest absolute Gasteiger partial charge is 0.446 e. The van der Waals surface area contributed by atoms with Crippen LogP contribution in [-0.2, 0) is 21.4 Å². The van der Waals surface area contributed by atoms with Gasteiger partial charge in [-0.25, -0.2) is 9.97 Å². The van der Waals surface area contributed by atoms with E-state index < -0.39 is 39.6 Å². The van der Waals surface area contributed by atoms with Gasteiger partial charge >= 0.3 is 16.6 Å². The van der Waals surface area contributed by atoms with Crippen molar-refractivity contribution in [3.8, 4) is 11.6 Å². The molecule has 0 fully saturated rings. The summed E-state index contributed by atoms with van der Waals surface area (Å²) in [6.07, 6.45) is -1.97. The Bertz CT molecular complexity index is 1500. The van der Waals surface area contributed by atoms with Gasteiger partial charge in [-0.1, -0.05) is 6.58 Å². The van der Waals surface area contributed by atoms with E-state index in [4.69, 9.17) is 9.29 Å².